The second kappa shape index (κ2) is 6.54. The van der Waals surface area contributed by atoms with E-state index in [1.165, 1.54) is 12.1 Å². The SMILES string of the molecule is CCOC(=O)C1(NCCN(C)C)CCc2cc(F)ccc21. The van der Waals surface area contributed by atoms with Gasteiger partial charge in [0.2, 0.25) is 0 Å². The number of esters is 1. The van der Waals surface area contributed by atoms with Crippen LogP contribution in [-0.4, -0.2) is 44.7 Å². The summed E-state index contributed by atoms with van der Waals surface area (Å²) in [6, 6.07) is 4.63. The highest BCUT2D eigenvalue weighted by Crippen LogP contribution is 2.38. The standard InChI is InChI=1S/C16H23FN2O2/c1-4-21-15(20)16(18-9-10-19(2)3)8-7-12-11-13(17)5-6-14(12)16/h5-6,11,18H,4,7-10H2,1-3H3. The zero-order valence-electron chi connectivity index (χ0n) is 12.9. The summed E-state index contributed by atoms with van der Waals surface area (Å²) in [4.78, 5) is 14.5. The normalized spacial score (nSPS) is 20.6. The fourth-order valence-electron chi connectivity index (χ4n) is 2.86. The summed E-state index contributed by atoms with van der Waals surface area (Å²) in [5, 5.41) is 3.35. The number of nitrogens with one attached hydrogen (secondary N) is 1. The third-order valence-electron chi connectivity index (χ3n) is 3.91. The van der Waals surface area contributed by atoms with Crippen LogP contribution >= 0.6 is 0 Å². The number of aryl methyl sites for hydroxylation is 1. The van der Waals surface area contributed by atoms with E-state index in [2.05, 4.69) is 5.32 Å². The van der Waals surface area contributed by atoms with E-state index < -0.39 is 5.54 Å². The number of carbonyl (C=O) groups is 1. The van der Waals surface area contributed by atoms with Crippen LogP contribution in [0.25, 0.3) is 0 Å². The highest BCUT2D eigenvalue weighted by atomic mass is 19.1. The Morgan fingerprint density at radius 3 is 2.90 bits per heavy atom. The smallest absolute Gasteiger partial charge is 0.331 e. The van der Waals surface area contributed by atoms with Crippen molar-refractivity contribution < 1.29 is 13.9 Å². The molecule has 2 rings (SSSR count). The first-order chi connectivity index (χ1) is 9.99. The molecule has 116 valence electrons. The van der Waals surface area contributed by atoms with Gasteiger partial charge in [-0.3, -0.25) is 5.32 Å². The van der Waals surface area contributed by atoms with Crippen molar-refractivity contribution in [2.75, 3.05) is 33.8 Å². The summed E-state index contributed by atoms with van der Waals surface area (Å²) in [6.07, 6.45) is 1.29. The molecule has 0 spiro atoms. The van der Waals surface area contributed by atoms with E-state index in [4.69, 9.17) is 4.74 Å². The lowest BCUT2D eigenvalue weighted by atomic mass is 9.91. The summed E-state index contributed by atoms with van der Waals surface area (Å²) in [5.74, 6) is -0.532. The largest absolute Gasteiger partial charge is 0.464 e. The number of halogens is 1. The van der Waals surface area contributed by atoms with E-state index in [0.717, 1.165) is 17.7 Å². The van der Waals surface area contributed by atoms with Gasteiger partial charge >= 0.3 is 5.97 Å². The van der Waals surface area contributed by atoms with Gasteiger partial charge < -0.3 is 9.64 Å². The van der Waals surface area contributed by atoms with Gasteiger partial charge in [-0.2, -0.15) is 0 Å². The average molecular weight is 294 g/mol. The van der Waals surface area contributed by atoms with E-state index >= 15 is 0 Å². The molecular weight excluding hydrogens is 271 g/mol. The van der Waals surface area contributed by atoms with Crippen LogP contribution in [0.4, 0.5) is 4.39 Å². The highest BCUT2D eigenvalue weighted by Gasteiger charge is 2.46. The predicted octanol–water partition coefficient (Wildman–Crippen LogP) is 1.68. The van der Waals surface area contributed by atoms with Gasteiger partial charge in [-0.15, -0.1) is 0 Å². The van der Waals surface area contributed by atoms with E-state index in [1.807, 2.05) is 19.0 Å². The molecule has 4 nitrogen and oxygen atoms in total. The Morgan fingerprint density at radius 2 is 2.24 bits per heavy atom. The number of benzene rings is 1. The monoisotopic (exact) mass is 294 g/mol. The van der Waals surface area contributed by atoms with E-state index in [1.54, 1.807) is 13.0 Å². The molecule has 1 aliphatic carbocycles. The van der Waals surface area contributed by atoms with E-state index in [-0.39, 0.29) is 11.8 Å². The van der Waals surface area contributed by atoms with Gasteiger partial charge in [-0.1, -0.05) is 6.07 Å². The Labute approximate surface area is 125 Å². The zero-order chi connectivity index (χ0) is 15.5. The predicted molar refractivity (Wildman–Crippen MR) is 79.6 cm³/mol. The molecule has 0 radical (unpaired) electrons. The lowest BCUT2D eigenvalue weighted by Gasteiger charge is -2.30. The first kappa shape index (κ1) is 15.9. The average Bonchev–Trinajstić information content (AvgIpc) is 2.78. The van der Waals surface area contributed by atoms with Crippen molar-refractivity contribution in [3.05, 3.63) is 35.1 Å². The summed E-state index contributed by atoms with van der Waals surface area (Å²) in [6.45, 7) is 3.62. The number of hydrogen-bond acceptors (Lipinski definition) is 4. The van der Waals surface area contributed by atoms with Crippen LogP contribution in [-0.2, 0) is 21.5 Å². The molecule has 5 heteroatoms. The van der Waals surface area contributed by atoms with Gasteiger partial charge in [-0.05, 0) is 57.1 Å². The van der Waals surface area contributed by atoms with Gasteiger partial charge in [0.1, 0.15) is 11.4 Å². The minimum Gasteiger partial charge on any atom is -0.464 e. The van der Waals surface area contributed by atoms with Gasteiger partial charge in [0.15, 0.2) is 0 Å². The first-order valence-corrected chi connectivity index (χ1v) is 7.35. The molecular formula is C16H23FN2O2. The number of nitrogens with zero attached hydrogens (tertiary/aromatic N) is 1. The molecule has 1 atom stereocenters. The molecule has 0 amide bonds. The minimum absolute atomic E-state index is 0.262. The highest BCUT2D eigenvalue weighted by molar-refractivity contribution is 5.84. The fourth-order valence-corrected chi connectivity index (χ4v) is 2.86. The maximum Gasteiger partial charge on any atom is 0.331 e. The Hall–Kier alpha value is -1.46. The molecule has 0 fully saturated rings. The maximum atomic E-state index is 13.4. The molecule has 1 aromatic carbocycles. The number of fused-ring (bicyclic) bond motifs is 1. The van der Waals surface area contributed by atoms with Gasteiger partial charge in [0.25, 0.3) is 0 Å². The molecule has 0 aromatic heterocycles. The van der Waals surface area contributed by atoms with Crippen molar-refractivity contribution in [1.82, 2.24) is 10.2 Å². The van der Waals surface area contributed by atoms with Crippen LogP contribution in [0.3, 0.4) is 0 Å². The Morgan fingerprint density at radius 1 is 1.48 bits per heavy atom. The number of ether oxygens (including phenoxy) is 1. The maximum absolute atomic E-state index is 13.4. The van der Waals surface area contributed by atoms with Crippen LogP contribution < -0.4 is 5.32 Å². The second-order valence-electron chi connectivity index (χ2n) is 5.66. The second-order valence-corrected chi connectivity index (χ2v) is 5.66. The molecule has 0 heterocycles. The Kier molecular flexibility index (Phi) is 4.96. The summed E-state index contributed by atoms with van der Waals surface area (Å²) in [5.41, 5.74) is 0.899. The van der Waals surface area contributed by atoms with Crippen molar-refractivity contribution in [3.63, 3.8) is 0 Å². The molecule has 1 aromatic rings. The van der Waals surface area contributed by atoms with E-state index in [9.17, 15) is 9.18 Å². The van der Waals surface area contributed by atoms with Crippen LogP contribution in [0.1, 0.15) is 24.5 Å². The van der Waals surface area contributed by atoms with Crippen LogP contribution in [0.15, 0.2) is 18.2 Å². The molecule has 1 unspecified atom stereocenters. The number of rotatable bonds is 6. The van der Waals surface area contributed by atoms with Crippen molar-refractivity contribution in [2.24, 2.45) is 0 Å². The van der Waals surface area contributed by atoms with Crippen molar-refractivity contribution >= 4 is 5.97 Å². The Bertz CT molecular complexity index is 519. The lowest BCUT2D eigenvalue weighted by Crippen LogP contribution is -2.50. The molecule has 1 N–H and O–H groups in total. The van der Waals surface area contributed by atoms with Crippen molar-refractivity contribution in [2.45, 2.75) is 25.3 Å². The molecule has 0 bridgehead atoms. The van der Waals surface area contributed by atoms with Gasteiger partial charge in [0.05, 0.1) is 6.61 Å². The lowest BCUT2D eigenvalue weighted by molar-refractivity contribution is -0.151. The Balaban J connectivity index is 2.29. The number of carbonyl (C=O) groups excluding carboxylic acids is 1. The fraction of sp³-hybridized carbons (Fsp3) is 0.562. The minimum atomic E-state index is -0.838. The van der Waals surface area contributed by atoms with Gasteiger partial charge in [0, 0.05) is 13.1 Å². The first-order valence-electron chi connectivity index (χ1n) is 7.35. The quantitative estimate of drug-likeness (QED) is 0.811. The van der Waals surface area contributed by atoms with Crippen LogP contribution in [0.5, 0.6) is 0 Å². The summed E-state index contributed by atoms with van der Waals surface area (Å²) in [7, 11) is 3.97. The zero-order valence-corrected chi connectivity index (χ0v) is 12.9. The van der Waals surface area contributed by atoms with Crippen LogP contribution in [0.2, 0.25) is 0 Å². The third-order valence-corrected chi connectivity index (χ3v) is 3.91. The van der Waals surface area contributed by atoms with E-state index in [0.29, 0.717) is 26.0 Å². The van der Waals surface area contributed by atoms with Crippen molar-refractivity contribution in [3.8, 4) is 0 Å². The van der Waals surface area contributed by atoms with Crippen LogP contribution in [0, 0.1) is 5.82 Å². The molecule has 1 aliphatic rings. The summed E-state index contributed by atoms with van der Waals surface area (Å²) < 4.78 is 18.6. The summed E-state index contributed by atoms with van der Waals surface area (Å²) >= 11 is 0. The molecule has 0 saturated carbocycles. The topological polar surface area (TPSA) is 41.6 Å². The molecule has 0 saturated heterocycles. The molecule has 21 heavy (non-hydrogen) atoms. The molecule has 0 aliphatic heterocycles. The van der Waals surface area contributed by atoms with Gasteiger partial charge in [-0.25, -0.2) is 9.18 Å². The van der Waals surface area contributed by atoms with Crippen molar-refractivity contribution in [1.29, 1.82) is 0 Å². The number of likely N-dealkylation sites (N-methyl/N-ethyl adjacent to an activating group) is 1. The number of hydrogen-bond donors (Lipinski definition) is 1. The third kappa shape index (κ3) is 3.24.